The summed E-state index contributed by atoms with van der Waals surface area (Å²) in [5, 5.41) is 12.5. The smallest absolute Gasteiger partial charge is 0.141 e. The van der Waals surface area contributed by atoms with Crippen LogP contribution in [-0.4, -0.2) is 0 Å². The maximum Gasteiger partial charge on any atom is 0.141 e. The van der Waals surface area contributed by atoms with Gasteiger partial charge in [0.25, 0.3) is 0 Å². The van der Waals surface area contributed by atoms with E-state index in [1.807, 2.05) is 6.07 Å². The van der Waals surface area contributed by atoms with Crippen LogP contribution in [0.2, 0.25) is 10.0 Å². The van der Waals surface area contributed by atoms with Gasteiger partial charge in [-0.3, -0.25) is 0 Å². The van der Waals surface area contributed by atoms with Gasteiger partial charge in [-0.2, -0.15) is 5.26 Å². The molecular weight excluding hydrogens is 274 g/mol. The summed E-state index contributed by atoms with van der Waals surface area (Å²) in [6.07, 6.45) is 0. The van der Waals surface area contributed by atoms with Gasteiger partial charge in [0.2, 0.25) is 0 Å². The molecule has 18 heavy (non-hydrogen) atoms. The molecule has 0 aliphatic carbocycles. The van der Waals surface area contributed by atoms with Crippen LogP contribution in [-0.2, 0) is 0 Å². The average molecular weight is 281 g/mol. The summed E-state index contributed by atoms with van der Waals surface area (Å²) in [5.74, 6) is -0.492. The number of anilines is 2. The van der Waals surface area contributed by atoms with Gasteiger partial charge in [-0.15, -0.1) is 0 Å². The highest BCUT2D eigenvalue weighted by molar-refractivity contribution is 6.31. The van der Waals surface area contributed by atoms with Crippen LogP contribution in [0, 0.1) is 17.1 Å². The Bertz CT molecular complexity index is 635. The number of nitrogens with one attached hydrogen (secondary N) is 1. The first-order valence-electron chi connectivity index (χ1n) is 5.02. The van der Waals surface area contributed by atoms with Crippen LogP contribution in [0.25, 0.3) is 0 Å². The third-order valence-electron chi connectivity index (χ3n) is 2.30. The Labute approximate surface area is 114 Å². The zero-order valence-electron chi connectivity index (χ0n) is 9.05. The van der Waals surface area contributed by atoms with Crippen LogP contribution < -0.4 is 5.32 Å². The van der Waals surface area contributed by atoms with E-state index < -0.39 is 5.82 Å². The second kappa shape index (κ2) is 5.26. The summed E-state index contributed by atoms with van der Waals surface area (Å²) in [5.41, 5.74) is 1.58. The number of nitriles is 1. The number of halogens is 3. The summed E-state index contributed by atoms with van der Waals surface area (Å²) >= 11 is 11.5. The number of rotatable bonds is 2. The van der Waals surface area contributed by atoms with Crippen molar-refractivity contribution in [3.63, 3.8) is 0 Å². The van der Waals surface area contributed by atoms with Gasteiger partial charge in [0, 0.05) is 10.7 Å². The number of hydrogen-bond acceptors (Lipinski definition) is 2. The predicted octanol–water partition coefficient (Wildman–Crippen LogP) is 4.75. The maximum absolute atomic E-state index is 13.0. The van der Waals surface area contributed by atoms with Crippen LogP contribution in [0.15, 0.2) is 36.4 Å². The first kappa shape index (κ1) is 12.7. The highest BCUT2D eigenvalue weighted by Crippen LogP contribution is 2.26. The van der Waals surface area contributed by atoms with E-state index in [0.29, 0.717) is 22.0 Å². The molecule has 90 valence electrons. The van der Waals surface area contributed by atoms with Crippen molar-refractivity contribution in [3.8, 4) is 6.07 Å². The SMILES string of the molecule is N#Cc1ccc(Cl)cc1Nc1ccc(F)c(Cl)c1. The van der Waals surface area contributed by atoms with Crippen LogP contribution in [0.4, 0.5) is 15.8 Å². The van der Waals surface area contributed by atoms with E-state index in [1.165, 1.54) is 18.2 Å². The van der Waals surface area contributed by atoms with E-state index in [-0.39, 0.29) is 5.02 Å². The lowest BCUT2D eigenvalue weighted by atomic mass is 10.2. The largest absolute Gasteiger partial charge is 0.354 e. The van der Waals surface area contributed by atoms with E-state index >= 15 is 0 Å². The quantitative estimate of drug-likeness (QED) is 0.862. The predicted molar refractivity (Wildman–Crippen MR) is 70.9 cm³/mol. The Kier molecular flexibility index (Phi) is 3.71. The molecule has 1 N–H and O–H groups in total. The molecule has 0 fully saturated rings. The minimum Gasteiger partial charge on any atom is -0.354 e. The molecule has 0 unspecified atom stereocenters. The number of nitrogens with zero attached hydrogens (tertiary/aromatic N) is 1. The zero-order chi connectivity index (χ0) is 13.1. The van der Waals surface area contributed by atoms with Crippen molar-refractivity contribution in [3.05, 3.63) is 57.8 Å². The van der Waals surface area contributed by atoms with E-state index in [0.717, 1.165) is 0 Å². The molecule has 0 bridgehead atoms. The normalized spacial score (nSPS) is 9.89. The van der Waals surface area contributed by atoms with E-state index in [9.17, 15) is 4.39 Å². The third-order valence-corrected chi connectivity index (χ3v) is 2.83. The topological polar surface area (TPSA) is 35.8 Å². The minimum atomic E-state index is -0.492. The van der Waals surface area contributed by atoms with E-state index in [1.54, 1.807) is 18.2 Å². The highest BCUT2D eigenvalue weighted by atomic mass is 35.5. The van der Waals surface area contributed by atoms with Crippen molar-refractivity contribution < 1.29 is 4.39 Å². The standard InChI is InChI=1S/C13H7Cl2FN2/c14-9-2-1-8(7-17)13(5-9)18-10-3-4-12(16)11(15)6-10/h1-6,18H. The van der Waals surface area contributed by atoms with Gasteiger partial charge in [-0.05, 0) is 36.4 Å². The molecule has 0 aliphatic rings. The Hall–Kier alpha value is -1.76. The summed E-state index contributed by atoms with van der Waals surface area (Å²) < 4.78 is 13.0. The Morgan fingerprint density at radius 2 is 1.89 bits per heavy atom. The van der Waals surface area contributed by atoms with Gasteiger partial charge >= 0.3 is 0 Å². The molecule has 2 nitrogen and oxygen atoms in total. The van der Waals surface area contributed by atoms with Crippen molar-refractivity contribution in [2.24, 2.45) is 0 Å². The van der Waals surface area contributed by atoms with Crippen molar-refractivity contribution in [1.82, 2.24) is 0 Å². The summed E-state index contributed by atoms with van der Waals surface area (Å²) in [6.45, 7) is 0. The van der Waals surface area contributed by atoms with Crippen molar-refractivity contribution in [2.75, 3.05) is 5.32 Å². The summed E-state index contributed by atoms with van der Waals surface area (Å²) in [7, 11) is 0. The van der Waals surface area contributed by atoms with Crippen LogP contribution in [0.5, 0.6) is 0 Å². The van der Waals surface area contributed by atoms with Crippen molar-refractivity contribution in [2.45, 2.75) is 0 Å². The molecule has 0 saturated carbocycles. The lowest BCUT2D eigenvalue weighted by Crippen LogP contribution is -1.94. The molecular formula is C13H7Cl2FN2. The fraction of sp³-hybridized carbons (Fsp3) is 0. The van der Waals surface area contributed by atoms with Crippen LogP contribution >= 0.6 is 23.2 Å². The van der Waals surface area contributed by atoms with Gasteiger partial charge < -0.3 is 5.32 Å². The summed E-state index contributed by atoms with van der Waals surface area (Å²) in [6, 6.07) is 11.1. The Morgan fingerprint density at radius 3 is 2.56 bits per heavy atom. The molecule has 0 amide bonds. The number of benzene rings is 2. The molecule has 5 heteroatoms. The van der Waals surface area contributed by atoms with Crippen molar-refractivity contribution in [1.29, 1.82) is 5.26 Å². The monoisotopic (exact) mass is 280 g/mol. The van der Waals surface area contributed by atoms with Crippen molar-refractivity contribution >= 4 is 34.6 Å². The molecule has 0 aliphatic heterocycles. The maximum atomic E-state index is 13.0. The second-order valence-electron chi connectivity index (χ2n) is 3.56. The van der Waals surface area contributed by atoms with Gasteiger partial charge in [-0.1, -0.05) is 23.2 Å². The molecule has 0 saturated heterocycles. The van der Waals surface area contributed by atoms with Gasteiger partial charge in [0.05, 0.1) is 16.3 Å². The molecule has 0 radical (unpaired) electrons. The van der Waals surface area contributed by atoms with Gasteiger partial charge in [-0.25, -0.2) is 4.39 Å². The molecule has 0 atom stereocenters. The zero-order valence-corrected chi connectivity index (χ0v) is 10.6. The molecule has 2 rings (SSSR count). The molecule has 0 spiro atoms. The lowest BCUT2D eigenvalue weighted by molar-refractivity contribution is 0.628. The molecule has 2 aromatic carbocycles. The third kappa shape index (κ3) is 2.73. The average Bonchev–Trinajstić information content (AvgIpc) is 2.34. The van der Waals surface area contributed by atoms with E-state index in [2.05, 4.69) is 5.32 Å². The van der Waals surface area contributed by atoms with Crippen LogP contribution in [0.3, 0.4) is 0 Å². The summed E-state index contributed by atoms with van der Waals surface area (Å²) in [4.78, 5) is 0. The van der Waals surface area contributed by atoms with Gasteiger partial charge in [0.15, 0.2) is 0 Å². The fourth-order valence-electron chi connectivity index (χ4n) is 1.45. The first-order valence-corrected chi connectivity index (χ1v) is 5.77. The number of hydrogen-bond donors (Lipinski definition) is 1. The lowest BCUT2D eigenvalue weighted by Gasteiger charge is -2.09. The van der Waals surface area contributed by atoms with Gasteiger partial charge in [0.1, 0.15) is 11.9 Å². The van der Waals surface area contributed by atoms with Crippen LogP contribution in [0.1, 0.15) is 5.56 Å². The first-order chi connectivity index (χ1) is 8.60. The minimum absolute atomic E-state index is 0.0144. The molecule has 0 heterocycles. The Morgan fingerprint density at radius 1 is 1.11 bits per heavy atom. The van der Waals surface area contributed by atoms with E-state index in [4.69, 9.17) is 28.5 Å². The highest BCUT2D eigenvalue weighted by Gasteiger charge is 2.05. The fourth-order valence-corrected chi connectivity index (χ4v) is 1.80. The molecule has 0 aromatic heterocycles. The Balaban J connectivity index is 2.36. The second-order valence-corrected chi connectivity index (χ2v) is 4.40. The molecule has 2 aromatic rings.